The van der Waals surface area contributed by atoms with Crippen LogP contribution in [0, 0.1) is 11.8 Å². The second-order valence-electron chi connectivity index (χ2n) is 5.95. The van der Waals surface area contributed by atoms with E-state index in [1.165, 1.54) is 64.2 Å². The van der Waals surface area contributed by atoms with Gasteiger partial charge in [0.1, 0.15) is 0 Å². The topological polar surface area (TPSA) is 52.0 Å². The molecule has 0 aliphatic heterocycles. The Morgan fingerprint density at radius 1 is 0.562 bits per heavy atom. The maximum Gasteiger partial charge on any atom is 0.0223 e. The standard InChI is InChI=1S/C14H28N2/c15-13(11-7-3-1-4-8-11)14(16)12-9-5-2-6-10-12/h11-14H,1-10,15-16H2/t13-,14-/m0/s1. The number of nitrogens with two attached hydrogens (primary N) is 2. The van der Waals surface area contributed by atoms with E-state index < -0.39 is 0 Å². The minimum absolute atomic E-state index is 0.267. The summed E-state index contributed by atoms with van der Waals surface area (Å²) in [6.45, 7) is 0. The molecule has 0 bridgehead atoms. The van der Waals surface area contributed by atoms with Crippen LogP contribution < -0.4 is 11.5 Å². The normalized spacial score (nSPS) is 28.9. The van der Waals surface area contributed by atoms with E-state index in [-0.39, 0.29) is 12.1 Å². The van der Waals surface area contributed by atoms with Crippen molar-refractivity contribution in [1.29, 1.82) is 0 Å². The Kier molecular flexibility index (Phi) is 4.66. The summed E-state index contributed by atoms with van der Waals surface area (Å²) in [5, 5.41) is 0. The highest BCUT2D eigenvalue weighted by molar-refractivity contribution is 4.89. The Bertz CT molecular complexity index is 171. The molecule has 0 saturated heterocycles. The lowest BCUT2D eigenvalue weighted by Gasteiger charge is -2.37. The van der Waals surface area contributed by atoms with Gasteiger partial charge in [0.25, 0.3) is 0 Å². The maximum absolute atomic E-state index is 6.40. The summed E-state index contributed by atoms with van der Waals surface area (Å²) < 4.78 is 0. The van der Waals surface area contributed by atoms with Crippen LogP contribution in [0.3, 0.4) is 0 Å². The van der Waals surface area contributed by atoms with Crippen LogP contribution in [0.15, 0.2) is 0 Å². The van der Waals surface area contributed by atoms with Crippen molar-refractivity contribution < 1.29 is 0 Å². The zero-order valence-electron chi connectivity index (χ0n) is 10.5. The average Bonchev–Trinajstić information content (AvgIpc) is 2.39. The molecule has 0 unspecified atom stereocenters. The summed E-state index contributed by atoms with van der Waals surface area (Å²) in [5.74, 6) is 1.43. The monoisotopic (exact) mass is 224 g/mol. The van der Waals surface area contributed by atoms with Gasteiger partial charge in [0.2, 0.25) is 0 Å². The fraction of sp³-hybridized carbons (Fsp3) is 1.00. The van der Waals surface area contributed by atoms with E-state index in [0.29, 0.717) is 11.8 Å². The Morgan fingerprint density at radius 3 is 1.19 bits per heavy atom. The van der Waals surface area contributed by atoms with Gasteiger partial charge in [-0.3, -0.25) is 0 Å². The van der Waals surface area contributed by atoms with Crippen LogP contribution in [-0.4, -0.2) is 12.1 Å². The number of rotatable bonds is 3. The fourth-order valence-electron chi connectivity index (χ4n) is 3.67. The van der Waals surface area contributed by atoms with Gasteiger partial charge in [-0.15, -0.1) is 0 Å². The molecule has 0 amide bonds. The molecule has 16 heavy (non-hydrogen) atoms. The summed E-state index contributed by atoms with van der Waals surface area (Å²) in [5.41, 5.74) is 12.8. The van der Waals surface area contributed by atoms with Crippen LogP contribution in [0.25, 0.3) is 0 Å². The van der Waals surface area contributed by atoms with Crippen LogP contribution in [0.4, 0.5) is 0 Å². The van der Waals surface area contributed by atoms with Crippen molar-refractivity contribution >= 4 is 0 Å². The minimum atomic E-state index is 0.267. The van der Waals surface area contributed by atoms with Crippen LogP contribution >= 0.6 is 0 Å². The average molecular weight is 224 g/mol. The largest absolute Gasteiger partial charge is 0.326 e. The first-order chi connectivity index (χ1) is 7.79. The molecule has 2 fully saturated rings. The van der Waals surface area contributed by atoms with Crippen molar-refractivity contribution in [2.45, 2.75) is 76.3 Å². The van der Waals surface area contributed by atoms with Crippen LogP contribution in [-0.2, 0) is 0 Å². The van der Waals surface area contributed by atoms with Gasteiger partial charge >= 0.3 is 0 Å². The molecule has 0 aromatic rings. The van der Waals surface area contributed by atoms with Crippen LogP contribution in [0.1, 0.15) is 64.2 Å². The first-order valence-electron chi connectivity index (χ1n) is 7.30. The van der Waals surface area contributed by atoms with E-state index in [2.05, 4.69) is 0 Å². The molecular weight excluding hydrogens is 196 g/mol. The number of hydrogen-bond acceptors (Lipinski definition) is 2. The van der Waals surface area contributed by atoms with Gasteiger partial charge in [0, 0.05) is 12.1 Å². The molecule has 2 aliphatic rings. The number of hydrogen-bond donors (Lipinski definition) is 2. The van der Waals surface area contributed by atoms with E-state index in [9.17, 15) is 0 Å². The highest BCUT2D eigenvalue weighted by atomic mass is 14.8. The van der Waals surface area contributed by atoms with Gasteiger partial charge in [-0.25, -0.2) is 0 Å². The van der Waals surface area contributed by atoms with Gasteiger partial charge in [-0.1, -0.05) is 38.5 Å². The minimum Gasteiger partial charge on any atom is -0.326 e. The van der Waals surface area contributed by atoms with Crippen molar-refractivity contribution in [3.8, 4) is 0 Å². The molecule has 2 atom stereocenters. The van der Waals surface area contributed by atoms with Crippen LogP contribution in [0.2, 0.25) is 0 Å². The zero-order chi connectivity index (χ0) is 11.4. The van der Waals surface area contributed by atoms with Crippen molar-refractivity contribution in [3.63, 3.8) is 0 Å². The fourth-order valence-corrected chi connectivity index (χ4v) is 3.67. The van der Waals surface area contributed by atoms with Gasteiger partial charge in [0.15, 0.2) is 0 Å². The van der Waals surface area contributed by atoms with Crippen molar-refractivity contribution in [2.75, 3.05) is 0 Å². The third-order valence-corrected chi connectivity index (χ3v) is 4.83. The molecule has 2 saturated carbocycles. The SMILES string of the molecule is N[C@@H](C1CCCCC1)[C@@H](N)C1CCCCC1. The predicted octanol–water partition coefficient (Wildman–Crippen LogP) is 2.80. The highest BCUT2D eigenvalue weighted by Crippen LogP contribution is 2.32. The Morgan fingerprint density at radius 2 is 0.875 bits per heavy atom. The first kappa shape index (κ1) is 12.4. The molecule has 2 rings (SSSR count). The first-order valence-corrected chi connectivity index (χ1v) is 7.30. The quantitative estimate of drug-likeness (QED) is 0.774. The molecular formula is C14H28N2. The Balaban J connectivity index is 1.84. The summed E-state index contributed by atoms with van der Waals surface area (Å²) >= 11 is 0. The summed E-state index contributed by atoms with van der Waals surface area (Å²) in [6, 6.07) is 0.534. The highest BCUT2D eigenvalue weighted by Gasteiger charge is 2.30. The Labute approximate surface area is 100 Å². The molecule has 0 heterocycles. The third-order valence-electron chi connectivity index (χ3n) is 4.83. The van der Waals surface area contributed by atoms with Crippen LogP contribution in [0.5, 0.6) is 0 Å². The molecule has 4 N–H and O–H groups in total. The van der Waals surface area contributed by atoms with Gasteiger partial charge < -0.3 is 11.5 Å². The van der Waals surface area contributed by atoms with E-state index in [1.807, 2.05) is 0 Å². The molecule has 0 radical (unpaired) electrons. The second kappa shape index (κ2) is 6.02. The summed E-state index contributed by atoms with van der Waals surface area (Å²) in [6.07, 6.45) is 13.6. The molecule has 0 aromatic carbocycles. The molecule has 0 spiro atoms. The molecule has 0 aromatic heterocycles. The van der Waals surface area contributed by atoms with Crippen molar-refractivity contribution in [2.24, 2.45) is 23.3 Å². The van der Waals surface area contributed by atoms with Gasteiger partial charge in [0.05, 0.1) is 0 Å². The van der Waals surface area contributed by atoms with E-state index in [1.54, 1.807) is 0 Å². The molecule has 2 aliphatic carbocycles. The van der Waals surface area contributed by atoms with E-state index in [0.717, 1.165) is 0 Å². The van der Waals surface area contributed by atoms with Gasteiger partial charge in [-0.05, 0) is 37.5 Å². The Hall–Kier alpha value is -0.0800. The molecule has 2 nitrogen and oxygen atoms in total. The van der Waals surface area contributed by atoms with E-state index >= 15 is 0 Å². The lowest BCUT2D eigenvalue weighted by atomic mass is 9.75. The van der Waals surface area contributed by atoms with Crippen molar-refractivity contribution in [3.05, 3.63) is 0 Å². The molecule has 94 valence electrons. The summed E-state index contributed by atoms with van der Waals surface area (Å²) in [4.78, 5) is 0. The lowest BCUT2D eigenvalue weighted by Crippen LogP contribution is -2.51. The predicted molar refractivity (Wildman–Crippen MR) is 69.1 cm³/mol. The molecule has 2 heteroatoms. The van der Waals surface area contributed by atoms with E-state index in [4.69, 9.17) is 11.5 Å². The second-order valence-corrected chi connectivity index (χ2v) is 5.95. The van der Waals surface area contributed by atoms with Crippen molar-refractivity contribution in [1.82, 2.24) is 0 Å². The smallest absolute Gasteiger partial charge is 0.0223 e. The maximum atomic E-state index is 6.40. The third kappa shape index (κ3) is 2.98. The zero-order valence-corrected chi connectivity index (χ0v) is 10.5. The van der Waals surface area contributed by atoms with Gasteiger partial charge in [-0.2, -0.15) is 0 Å². The lowest BCUT2D eigenvalue weighted by molar-refractivity contribution is 0.210. The summed E-state index contributed by atoms with van der Waals surface area (Å²) in [7, 11) is 0.